The number of esters is 1. The summed E-state index contributed by atoms with van der Waals surface area (Å²) in [5.74, 6) is -1.72. The summed E-state index contributed by atoms with van der Waals surface area (Å²) in [5, 5.41) is 34.2. The van der Waals surface area contributed by atoms with Gasteiger partial charge in [-0.15, -0.1) is 0 Å². The first kappa shape index (κ1) is 33.1. The Kier molecular flexibility index (Phi) is 10.4. The van der Waals surface area contributed by atoms with Crippen molar-refractivity contribution in [3.8, 4) is 0 Å². The van der Waals surface area contributed by atoms with Crippen LogP contribution in [0.4, 0.5) is 4.79 Å². The van der Waals surface area contributed by atoms with Crippen molar-refractivity contribution >= 4 is 28.9 Å². The molecule has 3 aromatic rings. The number of carbonyl (C=O) groups excluding carboxylic acids is 3. The third-order valence-corrected chi connectivity index (χ3v) is 7.24. The van der Waals surface area contributed by atoms with Gasteiger partial charge >= 0.3 is 12.1 Å². The third kappa shape index (κ3) is 7.62. The molecule has 44 heavy (non-hydrogen) atoms. The van der Waals surface area contributed by atoms with E-state index in [-0.39, 0.29) is 19.6 Å². The highest BCUT2D eigenvalue weighted by Gasteiger charge is 2.47. The molecule has 0 spiro atoms. The minimum atomic E-state index is -1.72. The molecule has 4 rings (SSSR count). The highest BCUT2D eigenvalue weighted by molar-refractivity contribution is 5.92. The van der Waals surface area contributed by atoms with Crippen molar-refractivity contribution < 1.29 is 43.9 Å². The molecule has 0 aliphatic carbocycles. The van der Waals surface area contributed by atoms with E-state index in [1.165, 1.54) is 4.57 Å². The summed E-state index contributed by atoms with van der Waals surface area (Å²) in [6.45, 7) is 4.90. The number of ether oxygens (including phenoxy) is 3. The van der Waals surface area contributed by atoms with Gasteiger partial charge in [-0.1, -0.05) is 48.5 Å². The number of nitrogens with one attached hydrogen (secondary N) is 1. The van der Waals surface area contributed by atoms with Gasteiger partial charge in [-0.05, 0) is 38.5 Å². The number of carbonyl (C=O) groups is 3. The molecular weight excluding hydrogens is 572 g/mol. The molecule has 238 valence electrons. The van der Waals surface area contributed by atoms with Crippen molar-refractivity contribution in [1.82, 2.24) is 9.88 Å². The van der Waals surface area contributed by atoms with E-state index in [4.69, 9.17) is 25.7 Å². The molecule has 1 saturated heterocycles. The maximum Gasteiger partial charge on any atom is 0.419 e. The van der Waals surface area contributed by atoms with Crippen LogP contribution in [0.1, 0.15) is 32.0 Å². The van der Waals surface area contributed by atoms with Gasteiger partial charge in [-0.25, -0.2) is 14.2 Å². The van der Waals surface area contributed by atoms with Crippen LogP contribution in [0, 0.1) is 0 Å². The van der Waals surface area contributed by atoms with Crippen molar-refractivity contribution in [3.05, 3.63) is 71.9 Å². The molecule has 3 unspecified atom stereocenters. The Morgan fingerprint density at radius 1 is 1.00 bits per heavy atom. The predicted octanol–water partition coefficient (Wildman–Crippen LogP) is 0.331. The monoisotopic (exact) mass is 612 g/mol. The zero-order chi connectivity index (χ0) is 32.2. The van der Waals surface area contributed by atoms with Crippen LogP contribution in [0.5, 0.6) is 0 Å². The number of nitrogens with zero attached hydrogens (tertiary/aromatic N) is 1. The molecule has 0 radical (unpaired) electrons. The lowest BCUT2D eigenvalue weighted by Crippen LogP contribution is -2.66. The number of amides is 1. The van der Waals surface area contributed by atoms with Crippen LogP contribution in [-0.2, 0) is 36.8 Å². The van der Waals surface area contributed by atoms with Gasteiger partial charge in [0.25, 0.3) is 0 Å². The Balaban J connectivity index is 1.63. The number of aliphatic hydroxyl groups is 3. The molecule has 1 aliphatic rings. The number of nitrogens with two attached hydrogens (primary N) is 2. The zero-order valence-electron chi connectivity index (χ0n) is 24.8. The Hall–Kier alpha value is -3.85. The van der Waals surface area contributed by atoms with Crippen LogP contribution >= 0.6 is 0 Å². The molecule has 1 amide bonds. The average molecular weight is 613 g/mol. The second-order valence-corrected chi connectivity index (χ2v) is 11.7. The van der Waals surface area contributed by atoms with Crippen molar-refractivity contribution in [2.45, 2.75) is 82.0 Å². The van der Waals surface area contributed by atoms with Gasteiger partial charge in [0.05, 0.1) is 11.6 Å². The fourth-order valence-electron chi connectivity index (χ4n) is 5.01. The second-order valence-electron chi connectivity index (χ2n) is 11.7. The fraction of sp³-hybridized carbons (Fsp3) is 0.452. The maximum atomic E-state index is 13.5. The highest BCUT2D eigenvalue weighted by atomic mass is 16.6. The normalized spacial score (nSPS) is 23.5. The number of para-hydroxylation sites is 1. The summed E-state index contributed by atoms with van der Waals surface area (Å²) < 4.78 is 18.1. The Morgan fingerprint density at radius 3 is 2.32 bits per heavy atom. The van der Waals surface area contributed by atoms with E-state index in [2.05, 4.69) is 5.32 Å². The number of aromatic nitrogens is 1. The molecule has 1 fully saturated rings. The van der Waals surface area contributed by atoms with Crippen molar-refractivity contribution in [2.24, 2.45) is 11.5 Å². The molecule has 0 bridgehead atoms. The van der Waals surface area contributed by atoms with Crippen LogP contribution in [-0.4, -0.2) is 92.6 Å². The molecule has 13 heteroatoms. The first-order valence-electron chi connectivity index (χ1n) is 14.3. The lowest BCUT2D eigenvalue weighted by Gasteiger charge is -2.42. The lowest BCUT2D eigenvalue weighted by atomic mass is 9.91. The van der Waals surface area contributed by atoms with E-state index in [0.29, 0.717) is 22.2 Å². The molecule has 7 atom stereocenters. The highest BCUT2D eigenvalue weighted by Crippen LogP contribution is 2.25. The van der Waals surface area contributed by atoms with E-state index >= 15 is 0 Å². The molecule has 1 aromatic heterocycles. The van der Waals surface area contributed by atoms with Gasteiger partial charge in [0.15, 0.2) is 0 Å². The first-order valence-corrected chi connectivity index (χ1v) is 14.3. The molecule has 13 nitrogen and oxygen atoms in total. The van der Waals surface area contributed by atoms with Crippen molar-refractivity contribution in [1.29, 1.82) is 0 Å². The largest absolute Gasteiger partial charge is 0.459 e. The summed E-state index contributed by atoms with van der Waals surface area (Å²) in [6.07, 6.45) is -8.28. The van der Waals surface area contributed by atoms with Gasteiger partial charge in [0.1, 0.15) is 48.7 Å². The van der Waals surface area contributed by atoms with E-state index in [1.54, 1.807) is 75.4 Å². The first-order chi connectivity index (χ1) is 20.8. The minimum absolute atomic E-state index is 0.0835. The number of benzene rings is 2. The second kappa shape index (κ2) is 13.8. The third-order valence-electron chi connectivity index (χ3n) is 7.24. The molecule has 2 heterocycles. The Morgan fingerprint density at radius 2 is 1.66 bits per heavy atom. The number of rotatable bonds is 9. The molecule has 1 aliphatic heterocycles. The van der Waals surface area contributed by atoms with Crippen LogP contribution < -0.4 is 16.8 Å². The van der Waals surface area contributed by atoms with Gasteiger partial charge in [0, 0.05) is 24.0 Å². The van der Waals surface area contributed by atoms with Crippen LogP contribution in [0.3, 0.4) is 0 Å². The molecule has 8 N–H and O–H groups in total. The Bertz CT molecular complexity index is 1450. The fourth-order valence-corrected chi connectivity index (χ4v) is 5.01. The average Bonchev–Trinajstić information content (AvgIpc) is 3.36. The van der Waals surface area contributed by atoms with Gasteiger partial charge in [-0.3, -0.25) is 4.79 Å². The number of fused-ring (bicyclic) bond motifs is 1. The number of aliphatic hydroxyl groups excluding tert-OH is 3. The van der Waals surface area contributed by atoms with Gasteiger partial charge in [0.2, 0.25) is 5.91 Å². The Labute approximate surface area is 254 Å². The predicted molar refractivity (Wildman–Crippen MR) is 159 cm³/mol. The molecule has 2 aromatic carbocycles. The van der Waals surface area contributed by atoms with E-state index in [0.717, 1.165) is 0 Å². The van der Waals surface area contributed by atoms with Crippen LogP contribution in [0.15, 0.2) is 60.7 Å². The summed E-state index contributed by atoms with van der Waals surface area (Å²) in [7, 11) is 0. The van der Waals surface area contributed by atoms with E-state index in [1.807, 2.05) is 6.07 Å². The smallest absolute Gasteiger partial charge is 0.419 e. The van der Waals surface area contributed by atoms with Gasteiger partial charge in [-0.2, -0.15) is 0 Å². The van der Waals surface area contributed by atoms with Crippen LogP contribution in [0.2, 0.25) is 0 Å². The van der Waals surface area contributed by atoms with Crippen molar-refractivity contribution in [2.75, 3.05) is 6.54 Å². The summed E-state index contributed by atoms with van der Waals surface area (Å²) in [6, 6.07) is 14.8. The molecule has 0 saturated carbocycles. The summed E-state index contributed by atoms with van der Waals surface area (Å²) >= 11 is 0. The number of hydrogen-bond donors (Lipinski definition) is 6. The maximum absolute atomic E-state index is 13.5. The van der Waals surface area contributed by atoms with Gasteiger partial charge < -0.3 is 46.3 Å². The van der Waals surface area contributed by atoms with E-state index < -0.39 is 66.2 Å². The summed E-state index contributed by atoms with van der Waals surface area (Å²) in [5.41, 5.74) is 12.6. The number of hydrogen-bond acceptors (Lipinski definition) is 11. The SMILES string of the molecule is CC(C)(C)OC(=O)n1c(C[C@H](NC(=O)C(N)[C@H]2OC(CN)[C@H](O)[C@H](O)C2O)C(=O)OCc2ccccc2)cc2ccccc21. The quantitative estimate of drug-likeness (QED) is 0.181. The van der Waals surface area contributed by atoms with Crippen molar-refractivity contribution in [3.63, 3.8) is 0 Å². The van der Waals surface area contributed by atoms with E-state index in [9.17, 15) is 29.7 Å². The molecular formula is C31H40N4O9. The zero-order valence-corrected chi connectivity index (χ0v) is 24.8. The minimum Gasteiger partial charge on any atom is -0.459 e. The topological polar surface area (TPSA) is 209 Å². The van der Waals surface area contributed by atoms with Crippen LogP contribution in [0.25, 0.3) is 10.9 Å². The summed E-state index contributed by atoms with van der Waals surface area (Å²) in [4.78, 5) is 40.2. The standard InChI is InChI=1S/C31H40N4O9/c1-31(2,3)44-30(41)35-19(13-18-11-7-8-12-21(18)35)14-20(29(40)42-16-17-9-5-4-6-10-17)34-28(39)23(33)27-26(38)25(37)24(36)22(15-32)43-27/h4-13,20,22-27,36-38H,14-16,32-33H2,1-3H3,(H,34,39)/t20-,22?,23?,24-,25-,26?,27+/m0/s1. The lowest BCUT2D eigenvalue weighted by molar-refractivity contribution is -0.223.